The van der Waals surface area contributed by atoms with Crippen molar-refractivity contribution in [3.63, 3.8) is 0 Å². The van der Waals surface area contributed by atoms with Crippen LogP contribution in [0, 0.1) is 0 Å². The molecule has 4 aromatic rings. The van der Waals surface area contributed by atoms with Gasteiger partial charge in [0.05, 0.1) is 25.5 Å². The van der Waals surface area contributed by atoms with Gasteiger partial charge in [-0.15, -0.1) is 0 Å². The van der Waals surface area contributed by atoms with E-state index in [1.54, 1.807) is 30.3 Å². The van der Waals surface area contributed by atoms with Gasteiger partial charge in [-0.3, -0.25) is 4.79 Å². The second-order valence-corrected chi connectivity index (χ2v) is 6.51. The number of benzene rings is 2. The van der Waals surface area contributed by atoms with E-state index in [9.17, 15) is 4.79 Å². The molecule has 0 atom stereocenters. The standard InChI is InChI=1S/C23H21N3O4/c1-28-20-10-6-9-19(22(20)29-2)23(27)25-16-7-5-8-18(13-16)30-15-17-14-26-12-4-3-11-21(26)24-17/h3-14H,15H2,1-2H3,(H,25,27). The molecule has 152 valence electrons. The van der Waals surface area contributed by atoms with Crippen LogP contribution >= 0.6 is 0 Å². The van der Waals surface area contributed by atoms with Crippen molar-refractivity contribution in [2.45, 2.75) is 6.61 Å². The van der Waals surface area contributed by atoms with Crippen LogP contribution in [0.25, 0.3) is 5.65 Å². The zero-order valence-corrected chi connectivity index (χ0v) is 16.7. The predicted molar refractivity (Wildman–Crippen MR) is 113 cm³/mol. The molecular weight excluding hydrogens is 382 g/mol. The molecule has 1 amide bonds. The lowest BCUT2D eigenvalue weighted by molar-refractivity contribution is 0.102. The van der Waals surface area contributed by atoms with Crippen molar-refractivity contribution in [2.24, 2.45) is 0 Å². The number of hydrogen-bond acceptors (Lipinski definition) is 5. The van der Waals surface area contributed by atoms with Crippen LogP contribution in [0.4, 0.5) is 5.69 Å². The number of imidazole rings is 1. The first-order valence-electron chi connectivity index (χ1n) is 9.36. The second kappa shape index (κ2) is 8.57. The van der Waals surface area contributed by atoms with E-state index in [1.165, 1.54) is 14.2 Å². The molecule has 1 N–H and O–H groups in total. The molecule has 7 nitrogen and oxygen atoms in total. The highest BCUT2D eigenvalue weighted by atomic mass is 16.5. The summed E-state index contributed by atoms with van der Waals surface area (Å²) in [7, 11) is 3.03. The summed E-state index contributed by atoms with van der Waals surface area (Å²) in [5.41, 5.74) is 2.67. The summed E-state index contributed by atoms with van der Waals surface area (Å²) in [6.07, 6.45) is 3.87. The predicted octanol–water partition coefficient (Wildman–Crippen LogP) is 4.18. The smallest absolute Gasteiger partial charge is 0.259 e. The van der Waals surface area contributed by atoms with E-state index in [1.807, 2.05) is 47.1 Å². The van der Waals surface area contributed by atoms with Crippen molar-refractivity contribution in [2.75, 3.05) is 19.5 Å². The Labute approximate surface area is 173 Å². The molecule has 0 bridgehead atoms. The number of nitrogens with one attached hydrogen (secondary N) is 1. The quantitative estimate of drug-likeness (QED) is 0.501. The van der Waals surface area contributed by atoms with Crippen LogP contribution in [0.2, 0.25) is 0 Å². The van der Waals surface area contributed by atoms with E-state index in [-0.39, 0.29) is 5.91 Å². The Balaban J connectivity index is 1.46. The summed E-state index contributed by atoms with van der Waals surface area (Å²) < 4.78 is 18.4. The van der Waals surface area contributed by atoms with Crippen LogP contribution in [0.15, 0.2) is 73.1 Å². The number of ether oxygens (including phenoxy) is 3. The van der Waals surface area contributed by atoms with Crippen LogP contribution in [-0.4, -0.2) is 29.5 Å². The first-order valence-corrected chi connectivity index (χ1v) is 9.36. The Morgan fingerprint density at radius 3 is 2.70 bits per heavy atom. The van der Waals surface area contributed by atoms with Crippen molar-refractivity contribution < 1.29 is 19.0 Å². The molecule has 0 unspecified atom stereocenters. The van der Waals surface area contributed by atoms with E-state index in [4.69, 9.17) is 14.2 Å². The van der Waals surface area contributed by atoms with Gasteiger partial charge in [0, 0.05) is 24.1 Å². The molecule has 2 heterocycles. The van der Waals surface area contributed by atoms with Gasteiger partial charge in [0.2, 0.25) is 0 Å². The fraction of sp³-hybridized carbons (Fsp3) is 0.130. The SMILES string of the molecule is COc1cccc(C(=O)Nc2cccc(OCc3cn4ccccc4n3)c2)c1OC. The van der Waals surface area contributed by atoms with E-state index in [0.29, 0.717) is 35.1 Å². The minimum absolute atomic E-state index is 0.303. The van der Waals surface area contributed by atoms with Crippen LogP contribution in [0.1, 0.15) is 16.1 Å². The maximum Gasteiger partial charge on any atom is 0.259 e. The summed E-state index contributed by atoms with van der Waals surface area (Å²) in [5.74, 6) is 1.21. The van der Waals surface area contributed by atoms with Gasteiger partial charge in [0.25, 0.3) is 5.91 Å². The number of carbonyl (C=O) groups excluding carboxylic acids is 1. The topological polar surface area (TPSA) is 74.1 Å². The molecule has 4 rings (SSSR count). The van der Waals surface area contributed by atoms with Crippen LogP contribution in [0.5, 0.6) is 17.2 Å². The van der Waals surface area contributed by atoms with Gasteiger partial charge in [-0.1, -0.05) is 18.2 Å². The van der Waals surface area contributed by atoms with Gasteiger partial charge >= 0.3 is 0 Å². The largest absolute Gasteiger partial charge is 0.493 e. The van der Waals surface area contributed by atoms with Crippen LogP contribution in [0.3, 0.4) is 0 Å². The van der Waals surface area contributed by atoms with Crippen molar-refractivity contribution >= 4 is 17.2 Å². The lowest BCUT2D eigenvalue weighted by atomic mass is 10.1. The van der Waals surface area contributed by atoms with Crippen LogP contribution in [-0.2, 0) is 6.61 Å². The number of carbonyl (C=O) groups is 1. The molecule has 0 saturated heterocycles. The molecule has 0 aliphatic carbocycles. The number of hydrogen-bond donors (Lipinski definition) is 1. The molecule has 0 aliphatic rings. The highest BCUT2D eigenvalue weighted by Crippen LogP contribution is 2.31. The van der Waals surface area contributed by atoms with Crippen molar-refractivity contribution in [3.8, 4) is 17.2 Å². The van der Waals surface area contributed by atoms with Gasteiger partial charge in [0.1, 0.15) is 18.0 Å². The number of para-hydroxylation sites is 1. The maximum absolute atomic E-state index is 12.8. The lowest BCUT2D eigenvalue weighted by Crippen LogP contribution is -2.13. The van der Waals surface area contributed by atoms with Crippen LogP contribution < -0.4 is 19.5 Å². The molecule has 0 fully saturated rings. The molecule has 7 heteroatoms. The average molecular weight is 403 g/mol. The minimum atomic E-state index is -0.303. The number of aromatic nitrogens is 2. The molecule has 0 radical (unpaired) electrons. The Bertz CT molecular complexity index is 1150. The molecule has 0 aliphatic heterocycles. The normalized spacial score (nSPS) is 10.6. The highest BCUT2D eigenvalue weighted by molar-refractivity contribution is 6.06. The molecule has 2 aromatic heterocycles. The monoisotopic (exact) mass is 403 g/mol. The lowest BCUT2D eigenvalue weighted by Gasteiger charge is -2.13. The molecule has 2 aromatic carbocycles. The van der Waals surface area contributed by atoms with Crippen molar-refractivity contribution in [3.05, 3.63) is 84.3 Å². The molecule has 0 saturated carbocycles. The third-order valence-electron chi connectivity index (χ3n) is 4.54. The number of pyridine rings is 1. The highest BCUT2D eigenvalue weighted by Gasteiger charge is 2.16. The zero-order valence-electron chi connectivity index (χ0n) is 16.7. The third kappa shape index (κ3) is 4.05. The average Bonchev–Trinajstić information content (AvgIpc) is 3.20. The number of nitrogens with zero attached hydrogens (tertiary/aromatic N) is 2. The van der Waals surface area contributed by atoms with Gasteiger partial charge in [0.15, 0.2) is 11.5 Å². The number of amides is 1. The molecular formula is C23H21N3O4. The van der Waals surface area contributed by atoms with Gasteiger partial charge in [-0.2, -0.15) is 0 Å². The van der Waals surface area contributed by atoms with Gasteiger partial charge < -0.3 is 23.9 Å². The van der Waals surface area contributed by atoms with E-state index < -0.39 is 0 Å². The fourth-order valence-electron chi connectivity index (χ4n) is 3.14. The number of anilines is 1. The Kier molecular flexibility index (Phi) is 5.52. The fourth-order valence-corrected chi connectivity index (χ4v) is 3.14. The second-order valence-electron chi connectivity index (χ2n) is 6.51. The summed E-state index contributed by atoms with van der Waals surface area (Å²) in [5, 5.41) is 2.87. The Morgan fingerprint density at radius 1 is 1.03 bits per heavy atom. The van der Waals surface area contributed by atoms with E-state index in [2.05, 4.69) is 10.3 Å². The summed E-state index contributed by atoms with van der Waals surface area (Å²) in [6.45, 7) is 0.322. The molecule has 30 heavy (non-hydrogen) atoms. The van der Waals surface area contributed by atoms with E-state index >= 15 is 0 Å². The Morgan fingerprint density at radius 2 is 1.90 bits per heavy atom. The van der Waals surface area contributed by atoms with Gasteiger partial charge in [-0.25, -0.2) is 4.98 Å². The Hall–Kier alpha value is -4.00. The number of rotatable bonds is 7. The number of fused-ring (bicyclic) bond motifs is 1. The van der Waals surface area contributed by atoms with E-state index in [0.717, 1.165) is 11.3 Å². The first-order chi connectivity index (χ1) is 14.7. The van der Waals surface area contributed by atoms with Crippen molar-refractivity contribution in [1.82, 2.24) is 9.38 Å². The first kappa shape index (κ1) is 19.3. The van der Waals surface area contributed by atoms with Gasteiger partial charge in [-0.05, 0) is 36.4 Å². The maximum atomic E-state index is 12.8. The number of methoxy groups -OCH3 is 2. The van der Waals surface area contributed by atoms with Crippen molar-refractivity contribution in [1.29, 1.82) is 0 Å². The summed E-state index contributed by atoms with van der Waals surface area (Å²) in [4.78, 5) is 17.3. The molecule has 0 spiro atoms. The third-order valence-corrected chi connectivity index (χ3v) is 4.54. The summed E-state index contributed by atoms with van der Waals surface area (Å²) in [6, 6.07) is 18.2. The summed E-state index contributed by atoms with van der Waals surface area (Å²) >= 11 is 0. The minimum Gasteiger partial charge on any atom is -0.493 e. The zero-order chi connectivity index (χ0) is 20.9.